The quantitative estimate of drug-likeness (QED) is 0.633. The first-order chi connectivity index (χ1) is 9.90. The lowest BCUT2D eigenvalue weighted by Crippen LogP contribution is -2.36. The van der Waals surface area contributed by atoms with Crippen molar-refractivity contribution in [1.29, 1.82) is 0 Å². The largest absolute Gasteiger partial charge is 0.462 e. The summed E-state index contributed by atoms with van der Waals surface area (Å²) in [5.74, 6) is -0.460. The predicted octanol–water partition coefficient (Wildman–Crippen LogP) is 1.36. The fourth-order valence-corrected chi connectivity index (χ4v) is 1.82. The van der Waals surface area contributed by atoms with Crippen LogP contribution in [0.3, 0.4) is 0 Å². The zero-order valence-corrected chi connectivity index (χ0v) is 13.0. The number of nitrogens with zero attached hydrogens (tertiary/aromatic N) is 2. The van der Waals surface area contributed by atoms with E-state index in [1.54, 1.807) is 39.2 Å². The molecule has 1 aromatic rings. The average Bonchev–Trinajstić information content (AvgIpc) is 2.45. The van der Waals surface area contributed by atoms with Crippen molar-refractivity contribution in [2.75, 3.05) is 44.4 Å². The molecule has 0 aliphatic rings. The van der Waals surface area contributed by atoms with E-state index in [9.17, 15) is 9.59 Å². The maximum atomic E-state index is 11.9. The van der Waals surface area contributed by atoms with Crippen LogP contribution in [0.15, 0.2) is 18.2 Å². The number of esters is 1. The maximum Gasteiger partial charge on any atom is 0.340 e. The van der Waals surface area contributed by atoms with E-state index in [0.29, 0.717) is 24.4 Å². The van der Waals surface area contributed by atoms with Crippen LogP contribution in [0.25, 0.3) is 0 Å². The number of anilines is 2. The third kappa shape index (κ3) is 4.37. The second kappa shape index (κ2) is 7.52. The molecule has 1 rings (SSSR count). The predicted molar refractivity (Wildman–Crippen MR) is 83.4 cm³/mol. The van der Waals surface area contributed by atoms with Crippen LogP contribution in [0.2, 0.25) is 0 Å². The van der Waals surface area contributed by atoms with Crippen molar-refractivity contribution in [3.05, 3.63) is 23.8 Å². The van der Waals surface area contributed by atoms with Gasteiger partial charge in [-0.15, -0.1) is 0 Å². The molecule has 116 valence electrons. The van der Waals surface area contributed by atoms with Crippen molar-refractivity contribution in [1.82, 2.24) is 4.90 Å². The molecule has 0 atom stereocenters. The Bertz CT molecular complexity index is 515. The van der Waals surface area contributed by atoms with Crippen molar-refractivity contribution in [2.24, 2.45) is 0 Å². The van der Waals surface area contributed by atoms with Gasteiger partial charge < -0.3 is 20.3 Å². The molecule has 0 radical (unpaired) electrons. The van der Waals surface area contributed by atoms with E-state index >= 15 is 0 Å². The van der Waals surface area contributed by atoms with Gasteiger partial charge in [-0.2, -0.15) is 0 Å². The Morgan fingerprint density at radius 1 is 1.24 bits per heavy atom. The van der Waals surface area contributed by atoms with Gasteiger partial charge >= 0.3 is 5.97 Å². The number of rotatable bonds is 6. The molecule has 0 saturated carbocycles. The molecule has 6 nitrogen and oxygen atoms in total. The molecular weight excluding hydrogens is 270 g/mol. The van der Waals surface area contributed by atoms with Crippen molar-refractivity contribution in [2.45, 2.75) is 13.8 Å². The van der Waals surface area contributed by atoms with Crippen molar-refractivity contribution >= 4 is 23.3 Å². The molecule has 0 heterocycles. The number of amides is 1. The minimum absolute atomic E-state index is 0.00800. The fourth-order valence-electron chi connectivity index (χ4n) is 1.82. The lowest BCUT2D eigenvalue weighted by atomic mass is 10.1. The fraction of sp³-hybridized carbons (Fsp3) is 0.467. The topological polar surface area (TPSA) is 75.9 Å². The highest BCUT2D eigenvalue weighted by molar-refractivity contribution is 5.96. The SMILES string of the molecule is CCOC(=O)c1cc(N(CC)CC(=O)N(C)C)ccc1N. The highest BCUT2D eigenvalue weighted by Gasteiger charge is 2.16. The summed E-state index contributed by atoms with van der Waals surface area (Å²) in [7, 11) is 3.42. The number of nitrogen functional groups attached to an aromatic ring is 1. The summed E-state index contributed by atoms with van der Waals surface area (Å²) in [6, 6.07) is 5.12. The minimum Gasteiger partial charge on any atom is -0.462 e. The van der Waals surface area contributed by atoms with E-state index in [1.165, 1.54) is 4.90 Å². The third-order valence-corrected chi connectivity index (χ3v) is 3.10. The third-order valence-electron chi connectivity index (χ3n) is 3.10. The molecule has 1 aromatic carbocycles. The Balaban J connectivity index is 3.03. The smallest absolute Gasteiger partial charge is 0.340 e. The highest BCUT2D eigenvalue weighted by atomic mass is 16.5. The molecule has 0 aliphatic heterocycles. The lowest BCUT2D eigenvalue weighted by molar-refractivity contribution is -0.127. The summed E-state index contributed by atoms with van der Waals surface area (Å²) in [6.07, 6.45) is 0. The normalized spacial score (nSPS) is 10.1. The number of likely N-dealkylation sites (N-methyl/N-ethyl adjacent to an activating group) is 2. The first kappa shape index (κ1) is 16.8. The Kier molecular flexibility index (Phi) is 6.02. The molecule has 0 spiro atoms. The van der Waals surface area contributed by atoms with Gasteiger partial charge in [-0.05, 0) is 32.0 Å². The van der Waals surface area contributed by atoms with E-state index in [1.807, 2.05) is 11.8 Å². The second-order valence-electron chi connectivity index (χ2n) is 4.79. The Morgan fingerprint density at radius 3 is 2.43 bits per heavy atom. The van der Waals surface area contributed by atoms with Crippen LogP contribution < -0.4 is 10.6 Å². The molecule has 0 bridgehead atoms. The molecule has 1 amide bonds. The van der Waals surface area contributed by atoms with E-state index in [2.05, 4.69) is 0 Å². The molecule has 0 aromatic heterocycles. The molecular formula is C15H23N3O3. The average molecular weight is 293 g/mol. The number of ether oxygens (including phenoxy) is 1. The molecule has 0 aliphatic carbocycles. The molecule has 6 heteroatoms. The van der Waals surface area contributed by atoms with Gasteiger partial charge in [0.15, 0.2) is 0 Å². The number of hydrogen-bond acceptors (Lipinski definition) is 5. The van der Waals surface area contributed by atoms with Crippen LogP contribution in [-0.4, -0.2) is 50.6 Å². The lowest BCUT2D eigenvalue weighted by Gasteiger charge is -2.24. The summed E-state index contributed by atoms with van der Waals surface area (Å²) >= 11 is 0. The van der Waals surface area contributed by atoms with Crippen LogP contribution in [0.1, 0.15) is 24.2 Å². The van der Waals surface area contributed by atoms with Gasteiger partial charge in [0.2, 0.25) is 5.91 Å². The monoisotopic (exact) mass is 293 g/mol. The zero-order valence-electron chi connectivity index (χ0n) is 13.0. The van der Waals surface area contributed by atoms with E-state index in [4.69, 9.17) is 10.5 Å². The first-order valence-electron chi connectivity index (χ1n) is 6.92. The Hall–Kier alpha value is -2.24. The summed E-state index contributed by atoms with van der Waals surface area (Å²) in [5.41, 5.74) is 7.28. The summed E-state index contributed by atoms with van der Waals surface area (Å²) in [6.45, 7) is 4.87. The van der Waals surface area contributed by atoms with Gasteiger partial charge in [0, 0.05) is 32.0 Å². The number of carbonyl (C=O) groups is 2. The van der Waals surface area contributed by atoms with Crippen LogP contribution in [-0.2, 0) is 9.53 Å². The van der Waals surface area contributed by atoms with E-state index < -0.39 is 5.97 Å². The molecule has 21 heavy (non-hydrogen) atoms. The number of nitrogens with two attached hydrogens (primary N) is 1. The second-order valence-corrected chi connectivity index (χ2v) is 4.79. The van der Waals surface area contributed by atoms with Crippen LogP contribution in [0.5, 0.6) is 0 Å². The number of benzene rings is 1. The summed E-state index contributed by atoms with van der Waals surface area (Å²) in [4.78, 5) is 27.1. The zero-order chi connectivity index (χ0) is 16.0. The number of carbonyl (C=O) groups excluding carboxylic acids is 2. The van der Waals surface area contributed by atoms with Crippen molar-refractivity contribution in [3.63, 3.8) is 0 Å². The van der Waals surface area contributed by atoms with Gasteiger partial charge in [0.1, 0.15) is 0 Å². The Morgan fingerprint density at radius 2 is 1.90 bits per heavy atom. The van der Waals surface area contributed by atoms with Gasteiger partial charge in [0.25, 0.3) is 0 Å². The van der Waals surface area contributed by atoms with Gasteiger partial charge in [-0.3, -0.25) is 4.79 Å². The molecule has 2 N–H and O–H groups in total. The first-order valence-corrected chi connectivity index (χ1v) is 6.92. The van der Waals surface area contributed by atoms with Crippen LogP contribution in [0.4, 0.5) is 11.4 Å². The van der Waals surface area contributed by atoms with Crippen molar-refractivity contribution in [3.8, 4) is 0 Å². The standard InChI is InChI=1S/C15H23N3O3/c1-5-18(10-14(19)17(3)4)11-7-8-13(16)12(9-11)15(20)21-6-2/h7-9H,5-6,10,16H2,1-4H3. The van der Waals surface area contributed by atoms with Crippen molar-refractivity contribution < 1.29 is 14.3 Å². The van der Waals surface area contributed by atoms with E-state index in [0.717, 1.165) is 5.69 Å². The summed E-state index contributed by atoms with van der Waals surface area (Å²) < 4.78 is 4.98. The number of hydrogen-bond donors (Lipinski definition) is 1. The highest BCUT2D eigenvalue weighted by Crippen LogP contribution is 2.22. The molecule has 0 saturated heterocycles. The molecule has 0 unspecified atom stereocenters. The molecule has 0 fully saturated rings. The van der Waals surface area contributed by atoms with Crippen LogP contribution >= 0.6 is 0 Å². The minimum atomic E-state index is -0.452. The van der Waals surface area contributed by atoms with Gasteiger partial charge in [-0.1, -0.05) is 0 Å². The van der Waals surface area contributed by atoms with Gasteiger partial charge in [0.05, 0.1) is 18.7 Å². The van der Waals surface area contributed by atoms with Gasteiger partial charge in [-0.25, -0.2) is 4.79 Å². The van der Waals surface area contributed by atoms with Crippen LogP contribution in [0, 0.1) is 0 Å². The van der Waals surface area contributed by atoms with E-state index in [-0.39, 0.29) is 12.5 Å². The maximum absolute atomic E-state index is 11.9. The Labute approximate surface area is 125 Å². The summed E-state index contributed by atoms with van der Waals surface area (Å²) in [5, 5.41) is 0.